The predicted molar refractivity (Wildman–Crippen MR) is 106 cm³/mol. The van der Waals surface area contributed by atoms with Crippen LogP contribution in [0.25, 0.3) is 0 Å². The van der Waals surface area contributed by atoms with Gasteiger partial charge in [-0.15, -0.1) is 0 Å². The average molecular weight is 376 g/mol. The summed E-state index contributed by atoms with van der Waals surface area (Å²) in [6.07, 6.45) is 6.80. The molecule has 3 rings (SSSR count). The summed E-state index contributed by atoms with van der Waals surface area (Å²) in [4.78, 5) is 21.0. The molecule has 3 N–H and O–H groups in total. The fourth-order valence-electron chi connectivity index (χ4n) is 4.23. The van der Waals surface area contributed by atoms with Crippen LogP contribution in [0, 0.1) is 5.92 Å². The maximum Gasteiger partial charge on any atom is 0.217 e. The third-order valence-corrected chi connectivity index (χ3v) is 5.51. The molecule has 2 fully saturated rings. The van der Waals surface area contributed by atoms with E-state index in [0.717, 1.165) is 57.3 Å². The van der Waals surface area contributed by atoms with Crippen LogP contribution in [0.15, 0.2) is 27.8 Å². The average Bonchev–Trinajstić information content (AvgIpc) is 3.35. The summed E-state index contributed by atoms with van der Waals surface area (Å²) in [5.74, 6) is 2.03. The van der Waals surface area contributed by atoms with E-state index < -0.39 is 0 Å². The van der Waals surface area contributed by atoms with Crippen LogP contribution in [0.2, 0.25) is 0 Å². The van der Waals surface area contributed by atoms with Gasteiger partial charge < -0.3 is 20.4 Å². The minimum Gasteiger partial charge on any atom is -0.468 e. The lowest BCUT2D eigenvalue weighted by Crippen LogP contribution is -2.47. The lowest BCUT2D eigenvalue weighted by Gasteiger charge is -2.35. The third-order valence-electron chi connectivity index (χ3n) is 5.51. The van der Waals surface area contributed by atoms with Crippen LogP contribution in [0.3, 0.4) is 0 Å². The molecule has 2 aliphatic heterocycles. The van der Waals surface area contributed by atoms with Gasteiger partial charge >= 0.3 is 0 Å². The van der Waals surface area contributed by atoms with Crippen molar-refractivity contribution in [2.24, 2.45) is 16.6 Å². The van der Waals surface area contributed by atoms with Gasteiger partial charge in [-0.3, -0.25) is 14.7 Å². The van der Waals surface area contributed by atoms with Gasteiger partial charge in [0.2, 0.25) is 5.91 Å². The van der Waals surface area contributed by atoms with Gasteiger partial charge in [-0.25, -0.2) is 0 Å². The predicted octanol–water partition coefficient (Wildman–Crippen LogP) is 1.97. The number of hydrogen-bond acceptors (Lipinski definition) is 4. The zero-order chi connectivity index (χ0) is 19.1. The van der Waals surface area contributed by atoms with Crippen LogP contribution in [0.4, 0.5) is 0 Å². The Morgan fingerprint density at radius 3 is 2.85 bits per heavy atom. The molecule has 0 aliphatic carbocycles. The van der Waals surface area contributed by atoms with Gasteiger partial charge in [-0.05, 0) is 63.7 Å². The molecular formula is C20H33N5O2. The molecule has 2 saturated heterocycles. The second-order valence-electron chi connectivity index (χ2n) is 7.59. The summed E-state index contributed by atoms with van der Waals surface area (Å²) >= 11 is 0. The van der Waals surface area contributed by atoms with E-state index in [1.165, 1.54) is 12.8 Å². The first-order chi connectivity index (χ1) is 13.2. The highest BCUT2D eigenvalue weighted by molar-refractivity contribution is 5.80. The van der Waals surface area contributed by atoms with Crippen molar-refractivity contribution in [1.82, 2.24) is 15.1 Å². The molecule has 1 aromatic rings. The van der Waals surface area contributed by atoms with Crippen LogP contribution in [0.1, 0.15) is 50.8 Å². The van der Waals surface area contributed by atoms with E-state index in [4.69, 9.17) is 15.1 Å². The molecular weight excluding hydrogens is 342 g/mol. The standard InChI is InChI=1S/C20H33N5O2/c1-2-22-20(25-11-5-7-16(15-25)13-19(21)26)23-14-17(18-8-6-12-27-18)24-9-3-4-10-24/h6,8,12,16-17H,2-5,7,9-11,13-15H2,1H3,(H2,21,26)(H,22,23). The number of furan rings is 1. The fraction of sp³-hybridized carbons (Fsp3) is 0.700. The Hall–Kier alpha value is -2.02. The first-order valence-electron chi connectivity index (χ1n) is 10.3. The molecule has 0 saturated carbocycles. The number of amides is 1. The Bertz CT molecular complexity index is 610. The number of primary amides is 1. The number of hydrogen-bond donors (Lipinski definition) is 2. The maximum absolute atomic E-state index is 11.3. The number of aliphatic imine (C=N–C) groups is 1. The van der Waals surface area contributed by atoms with Crippen molar-refractivity contribution in [3.8, 4) is 0 Å². The van der Waals surface area contributed by atoms with E-state index in [9.17, 15) is 4.79 Å². The summed E-state index contributed by atoms with van der Waals surface area (Å²) in [6.45, 7) is 7.59. The fourth-order valence-corrected chi connectivity index (χ4v) is 4.23. The zero-order valence-corrected chi connectivity index (χ0v) is 16.4. The molecule has 7 nitrogen and oxygen atoms in total. The van der Waals surface area contributed by atoms with Crippen LogP contribution < -0.4 is 11.1 Å². The molecule has 3 heterocycles. The van der Waals surface area contributed by atoms with Crippen molar-refractivity contribution in [3.63, 3.8) is 0 Å². The molecule has 0 radical (unpaired) electrons. The van der Waals surface area contributed by atoms with Gasteiger partial charge in [0.25, 0.3) is 0 Å². The van der Waals surface area contributed by atoms with Crippen molar-refractivity contribution in [2.45, 2.75) is 45.1 Å². The molecule has 7 heteroatoms. The summed E-state index contributed by atoms with van der Waals surface area (Å²) in [5.41, 5.74) is 5.41. The summed E-state index contributed by atoms with van der Waals surface area (Å²) in [7, 11) is 0. The van der Waals surface area contributed by atoms with Crippen molar-refractivity contribution < 1.29 is 9.21 Å². The topological polar surface area (TPSA) is 87.1 Å². The number of nitrogens with two attached hydrogens (primary N) is 1. The Kier molecular flexibility index (Phi) is 7.15. The largest absolute Gasteiger partial charge is 0.468 e. The van der Waals surface area contributed by atoms with Crippen molar-refractivity contribution in [1.29, 1.82) is 0 Å². The van der Waals surface area contributed by atoms with Gasteiger partial charge in [-0.1, -0.05) is 0 Å². The number of rotatable bonds is 7. The SMILES string of the molecule is CCNC(=NCC(c1ccco1)N1CCCC1)N1CCCC(CC(N)=O)C1. The Morgan fingerprint density at radius 2 is 2.19 bits per heavy atom. The van der Waals surface area contributed by atoms with Gasteiger partial charge in [0, 0.05) is 26.1 Å². The number of nitrogens with zero attached hydrogens (tertiary/aromatic N) is 3. The molecule has 0 spiro atoms. The Labute approximate surface area is 162 Å². The monoisotopic (exact) mass is 375 g/mol. The van der Waals surface area contributed by atoms with Crippen molar-refractivity contribution in [2.75, 3.05) is 39.3 Å². The minimum absolute atomic E-state index is 0.183. The highest BCUT2D eigenvalue weighted by Gasteiger charge is 2.27. The molecule has 1 amide bonds. The molecule has 0 aromatic carbocycles. The number of carbonyl (C=O) groups is 1. The quantitative estimate of drug-likeness (QED) is 0.562. The molecule has 2 unspecified atom stereocenters. The van der Waals surface area contributed by atoms with Gasteiger partial charge in [0.15, 0.2) is 5.96 Å². The smallest absolute Gasteiger partial charge is 0.217 e. The molecule has 0 bridgehead atoms. The highest BCUT2D eigenvalue weighted by Crippen LogP contribution is 2.26. The first kappa shape index (κ1) is 19.7. The molecule has 2 aliphatic rings. The van der Waals surface area contributed by atoms with Crippen LogP contribution in [-0.2, 0) is 4.79 Å². The second kappa shape index (κ2) is 9.78. The summed E-state index contributed by atoms with van der Waals surface area (Å²) < 4.78 is 5.71. The number of carbonyl (C=O) groups excluding carboxylic acids is 1. The molecule has 2 atom stereocenters. The number of guanidine groups is 1. The lowest BCUT2D eigenvalue weighted by atomic mass is 9.95. The highest BCUT2D eigenvalue weighted by atomic mass is 16.3. The van der Waals surface area contributed by atoms with E-state index in [1.54, 1.807) is 6.26 Å². The van der Waals surface area contributed by atoms with Crippen LogP contribution >= 0.6 is 0 Å². The normalized spacial score (nSPS) is 22.8. The van der Waals surface area contributed by atoms with Gasteiger partial charge in [0.05, 0.1) is 18.8 Å². The number of piperidine rings is 1. The first-order valence-corrected chi connectivity index (χ1v) is 10.3. The molecule has 27 heavy (non-hydrogen) atoms. The minimum atomic E-state index is -0.212. The molecule has 150 valence electrons. The Morgan fingerprint density at radius 1 is 1.37 bits per heavy atom. The van der Waals surface area contributed by atoms with E-state index in [1.807, 2.05) is 6.07 Å². The van der Waals surface area contributed by atoms with E-state index in [-0.39, 0.29) is 11.9 Å². The zero-order valence-electron chi connectivity index (χ0n) is 16.4. The number of likely N-dealkylation sites (tertiary alicyclic amines) is 2. The van der Waals surface area contributed by atoms with Crippen LogP contribution in [0.5, 0.6) is 0 Å². The van der Waals surface area contributed by atoms with E-state index in [0.29, 0.717) is 18.9 Å². The maximum atomic E-state index is 11.3. The summed E-state index contributed by atoms with van der Waals surface area (Å²) in [6, 6.07) is 4.18. The van der Waals surface area contributed by atoms with Gasteiger partial charge in [-0.2, -0.15) is 0 Å². The van der Waals surface area contributed by atoms with Crippen LogP contribution in [-0.4, -0.2) is 60.9 Å². The lowest BCUT2D eigenvalue weighted by molar-refractivity contribution is -0.119. The molecule has 1 aromatic heterocycles. The Balaban J connectivity index is 1.70. The summed E-state index contributed by atoms with van der Waals surface area (Å²) in [5, 5.41) is 3.43. The van der Waals surface area contributed by atoms with Crippen molar-refractivity contribution >= 4 is 11.9 Å². The second-order valence-corrected chi connectivity index (χ2v) is 7.59. The van der Waals surface area contributed by atoms with E-state index >= 15 is 0 Å². The van der Waals surface area contributed by atoms with Crippen molar-refractivity contribution in [3.05, 3.63) is 24.2 Å². The van der Waals surface area contributed by atoms with Gasteiger partial charge in [0.1, 0.15) is 5.76 Å². The van der Waals surface area contributed by atoms with E-state index in [2.05, 4.69) is 28.1 Å². The number of nitrogens with one attached hydrogen (secondary N) is 1. The third kappa shape index (κ3) is 5.48.